The van der Waals surface area contributed by atoms with E-state index in [2.05, 4.69) is 20.8 Å². The maximum absolute atomic E-state index is 8.71. The highest BCUT2D eigenvalue weighted by atomic mass is 16.4. The zero-order chi connectivity index (χ0) is 11.7. The van der Waals surface area contributed by atoms with Gasteiger partial charge in [0.05, 0.1) is 0 Å². The van der Waals surface area contributed by atoms with E-state index >= 15 is 0 Å². The molecule has 0 saturated carbocycles. The van der Waals surface area contributed by atoms with Crippen LogP contribution in [0.3, 0.4) is 0 Å². The third-order valence-electron chi connectivity index (χ3n) is 3.92. The largest absolute Gasteiger partial charge is 0.451 e. The quantitative estimate of drug-likeness (QED) is 0.457. The van der Waals surface area contributed by atoms with Gasteiger partial charge in [-0.1, -0.05) is 59.3 Å². The van der Waals surface area contributed by atoms with E-state index in [0.29, 0.717) is 11.7 Å². The molecule has 2 N–H and O–H groups in total. The average Bonchev–Trinajstić information content (AvgIpc) is 2.24. The molecule has 0 unspecified atom stereocenters. The minimum absolute atomic E-state index is 0.525. The van der Waals surface area contributed by atoms with Crippen LogP contribution in [0, 0.1) is 5.41 Å². The summed E-state index contributed by atoms with van der Waals surface area (Å²) < 4.78 is 0. The molecule has 0 aromatic carbocycles. The Balaban J connectivity index is 3.63. The van der Waals surface area contributed by atoms with Gasteiger partial charge in [0.2, 0.25) is 0 Å². The Labute approximate surface area is 95.2 Å². The molecule has 0 amide bonds. The molecular weight excluding hydrogens is 187 g/mol. The van der Waals surface area contributed by atoms with Crippen LogP contribution < -0.4 is 0 Å². The van der Waals surface area contributed by atoms with Gasteiger partial charge in [-0.2, -0.15) is 0 Å². The van der Waals surface area contributed by atoms with Crippen LogP contribution in [0.2, 0.25) is 6.32 Å². The van der Waals surface area contributed by atoms with Crippen molar-refractivity contribution in [3.63, 3.8) is 0 Å². The van der Waals surface area contributed by atoms with Crippen LogP contribution in [0.5, 0.6) is 0 Å². The predicted molar refractivity (Wildman–Crippen MR) is 66.8 cm³/mol. The number of unbranched alkanes of at least 4 members (excludes halogenated alkanes) is 2. The van der Waals surface area contributed by atoms with E-state index in [1.807, 2.05) is 0 Å². The lowest BCUT2D eigenvalue weighted by Crippen LogP contribution is -2.17. The number of rotatable bonds is 9. The topological polar surface area (TPSA) is 40.5 Å². The van der Waals surface area contributed by atoms with E-state index in [9.17, 15) is 0 Å². The fraction of sp³-hybridized carbons (Fsp3) is 1.00. The highest BCUT2D eigenvalue weighted by Gasteiger charge is 2.22. The van der Waals surface area contributed by atoms with Crippen LogP contribution in [-0.2, 0) is 0 Å². The van der Waals surface area contributed by atoms with E-state index in [-0.39, 0.29) is 0 Å². The maximum Gasteiger partial charge on any atom is 0.451 e. The summed E-state index contributed by atoms with van der Waals surface area (Å²) in [4.78, 5) is 0. The predicted octanol–water partition coefficient (Wildman–Crippen LogP) is 3.24. The fourth-order valence-corrected chi connectivity index (χ4v) is 2.28. The smallest absolute Gasteiger partial charge is 0.427 e. The Bertz CT molecular complexity index is 136. The van der Waals surface area contributed by atoms with Crippen molar-refractivity contribution in [3.8, 4) is 0 Å². The summed E-state index contributed by atoms with van der Waals surface area (Å²) in [5.41, 5.74) is 0.540. The molecule has 0 fully saturated rings. The molecule has 0 aliphatic heterocycles. The lowest BCUT2D eigenvalue weighted by atomic mass is 9.75. The van der Waals surface area contributed by atoms with Crippen molar-refractivity contribution in [3.05, 3.63) is 0 Å². The van der Waals surface area contributed by atoms with Gasteiger partial charge in [0.25, 0.3) is 0 Å². The van der Waals surface area contributed by atoms with Crippen molar-refractivity contribution in [2.24, 2.45) is 5.41 Å². The van der Waals surface area contributed by atoms with Crippen LogP contribution in [-0.4, -0.2) is 17.2 Å². The van der Waals surface area contributed by atoms with Gasteiger partial charge in [-0.15, -0.1) is 0 Å². The molecule has 0 saturated heterocycles. The molecule has 0 bridgehead atoms. The third kappa shape index (κ3) is 6.21. The summed E-state index contributed by atoms with van der Waals surface area (Å²) in [5, 5.41) is 17.4. The number of hydrogen-bond donors (Lipinski definition) is 2. The molecule has 0 aliphatic rings. The van der Waals surface area contributed by atoms with E-state index in [1.54, 1.807) is 0 Å². The van der Waals surface area contributed by atoms with Crippen LogP contribution in [0.1, 0.15) is 65.7 Å². The van der Waals surface area contributed by atoms with Gasteiger partial charge in [0.1, 0.15) is 0 Å². The van der Waals surface area contributed by atoms with Crippen molar-refractivity contribution in [2.75, 3.05) is 0 Å². The van der Waals surface area contributed by atoms with Gasteiger partial charge >= 0.3 is 7.12 Å². The van der Waals surface area contributed by atoms with E-state index in [4.69, 9.17) is 10.0 Å². The lowest BCUT2D eigenvalue weighted by Gasteiger charge is -2.30. The Hall–Kier alpha value is -0.0151. The summed E-state index contributed by atoms with van der Waals surface area (Å²) in [6.07, 6.45) is 8.90. The second-order valence-corrected chi connectivity index (χ2v) is 4.64. The molecule has 0 aliphatic carbocycles. The average molecular weight is 214 g/mol. The van der Waals surface area contributed by atoms with Crippen molar-refractivity contribution in [1.82, 2.24) is 0 Å². The minimum atomic E-state index is -1.11. The van der Waals surface area contributed by atoms with E-state index in [1.165, 1.54) is 32.1 Å². The summed E-state index contributed by atoms with van der Waals surface area (Å²) in [7, 11) is -1.11. The van der Waals surface area contributed by atoms with Gasteiger partial charge in [-0.05, 0) is 18.2 Å². The fourth-order valence-electron chi connectivity index (χ4n) is 2.28. The van der Waals surface area contributed by atoms with Crippen LogP contribution in [0.25, 0.3) is 0 Å². The highest BCUT2D eigenvalue weighted by Crippen LogP contribution is 2.36. The van der Waals surface area contributed by atoms with Gasteiger partial charge in [0, 0.05) is 0 Å². The zero-order valence-corrected chi connectivity index (χ0v) is 10.6. The Morgan fingerprint density at radius 3 is 1.80 bits per heavy atom. The highest BCUT2D eigenvalue weighted by molar-refractivity contribution is 6.40. The van der Waals surface area contributed by atoms with Crippen LogP contribution in [0.15, 0.2) is 0 Å². The number of hydrogen-bond acceptors (Lipinski definition) is 2. The third-order valence-corrected chi connectivity index (χ3v) is 3.92. The first kappa shape index (κ1) is 15.0. The Morgan fingerprint density at radius 2 is 1.40 bits per heavy atom. The van der Waals surface area contributed by atoms with E-state index in [0.717, 1.165) is 12.8 Å². The molecule has 15 heavy (non-hydrogen) atoms. The minimum Gasteiger partial charge on any atom is -0.427 e. The monoisotopic (exact) mass is 214 g/mol. The first-order valence-corrected chi connectivity index (χ1v) is 6.46. The first-order chi connectivity index (χ1) is 7.10. The molecule has 2 nitrogen and oxygen atoms in total. The molecule has 0 atom stereocenters. The standard InChI is InChI=1S/C12H27BO2/c1-4-12(5-2,6-3)10-8-7-9-11-13(14)15/h14-15H,4-11H2,1-3H3. The van der Waals surface area contributed by atoms with Gasteiger partial charge in [0.15, 0.2) is 0 Å². The zero-order valence-electron chi connectivity index (χ0n) is 10.6. The second kappa shape index (κ2) is 8.17. The van der Waals surface area contributed by atoms with Crippen molar-refractivity contribution in [2.45, 2.75) is 72.0 Å². The van der Waals surface area contributed by atoms with Crippen LogP contribution >= 0.6 is 0 Å². The summed E-state index contributed by atoms with van der Waals surface area (Å²) in [5.74, 6) is 0. The molecule has 3 heteroatoms. The molecule has 0 heterocycles. The second-order valence-electron chi connectivity index (χ2n) is 4.64. The molecule has 0 radical (unpaired) electrons. The van der Waals surface area contributed by atoms with Crippen LogP contribution in [0.4, 0.5) is 0 Å². The van der Waals surface area contributed by atoms with Gasteiger partial charge in [-0.25, -0.2) is 0 Å². The van der Waals surface area contributed by atoms with E-state index < -0.39 is 7.12 Å². The Kier molecular flexibility index (Phi) is 8.17. The lowest BCUT2D eigenvalue weighted by molar-refractivity contribution is 0.220. The Morgan fingerprint density at radius 1 is 0.867 bits per heavy atom. The molecule has 0 aromatic rings. The molecule has 90 valence electrons. The first-order valence-electron chi connectivity index (χ1n) is 6.46. The SMILES string of the molecule is CCC(CC)(CC)CCCCCB(O)O. The molecule has 0 rings (SSSR count). The summed E-state index contributed by atoms with van der Waals surface area (Å²) >= 11 is 0. The van der Waals surface area contributed by atoms with Crippen molar-refractivity contribution in [1.29, 1.82) is 0 Å². The molecular formula is C12H27BO2. The summed E-state index contributed by atoms with van der Waals surface area (Å²) in [6, 6.07) is 0. The maximum atomic E-state index is 8.71. The van der Waals surface area contributed by atoms with Crippen molar-refractivity contribution >= 4 is 7.12 Å². The van der Waals surface area contributed by atoms with Gasteiger partial charge < -0.3 is 10.0 Å². The molecule has 0 aromatic heterocycles. The van der Waals surface area contributed by atoms with Crippen molar-refractivity contribution < 1.29 is 10.0 Å². The molecule has 0 spiro atoms. The summed E-state index contributed by atoms with van der Waals surface area (Å²) in [6.45, 7) is 6.85. The normalized spacial score (nSPS) is 11.8. The van der Waals surface area contributed by atoms with Gasteiger partial charge in [-0.3, -0.25) is 0 Å².